The highest BCUT2D eigenvalue weighted by atomic mass is 14.9. The van der Waals surface area contributed by atoms with Crippen molar-refractivity contribution in [2.45, 2.75) is 19.5 Å². The molecular weight excluding hydrogens is 160 g/mol. The maximum atomic E-state index is 3.39. The molecule has 0 aliphatic carbocycles. The van der Waals surface area contributed by atoms with Crippen LogP contribution in [0.15, 0.2) is 30.3 Å². The molecule has 0 aliphatic heterocycles. The zero-order valence-corrected chi connectivity index (χ0v) is 8.38. The van der Waals surface area contributed by atoms with Gasteiger partial charge in [0.2, 0.25) is 0 Å². The topological polar surface area (TPSA) is 24.1 Å². The minimum Gasteiger partial charge on any atom is -0.316 e. The molecule has 2 N–H and O–H groups in total. The van der Waals surface area contributed by atoms with Crippen LogP contribution in [0, 0.1) is 0 Å². The number of benzene rings is 1. The SMILES string of the molecule is CNC(C)CNCc1ccccc1. The third-order valence-electron chi connectivity index (χ3n) is 2.12. The molecule has 0 saturated heterocycles. The Hall–Kier alpha value is -0.860. The van der Waals surface area contributed by atoms with E-state index in [1.807, 2.05) is 13.1 Å². The summed E-state index contributed by atoms with van der Waals surface area (Å²) >= 11 is 0. The summed E-state index contributed by atoms with van der Waals surface area (Å²) in [6, 6.07) is 11.0. The third kappa shape index (κ3) is 4.06. The van der Waals surface area contributed by atoms with E-state index in [0.717, 1.165) is 13.1 Å². The van der Waals surface area contributed by atoms with Crippen molar-refractivity contribution in [3.63, 3.8) is 0 Å². The Balaban J connectivity index is 2.20. The van der Waals surface area contributed by atoms with E-state index in [1.54, 1.807) is 0 Å². The molecule has 13 heavy (non-hydrogen) atoms. The van der Waals surface area contributed by atoms with Gasteiger partial charge in [-0.2, -0.15) is 0 Å². The fourth-order valence-electron chi connectivity index (χ4n) is 1.13. The molecule has 0 radical (unpaired) electrons. The van der Waals surface area contributed by atoms with Gasteiger partial charge in [-0.1, -0.05) is 30.3 Å². The lowest BCUT2D eigenvalue weighted by molar-refractivity contribution is 0.541. The molecule has 2 heteroatoms. The fraction of sp³-hybridized carbons (Fsp3) is 0.455. The van der Waals surface area contributed by atoms with Crippen LogP contribution < -0.4 is 10.6 Å². The lowest BCUT2D eigenvalue weighted by Crippen LogP contribution is -2.33. The number of likely N-dealkylation sites (N-methyl/N-ethyl adjacent to an activating group) is 1. The Morgan fingerprint density at radius 3 is 2.54 bits per heavy atom. The molecule has 1 unspecified atom stereocenters. The maximum Gasteiger partial charge on any atom is 0.0206 e. The first-order valence-electron chi connectivity index (χ1n) is 4.75. The highest BCUT2D eigenvalue weighted by Crippen LogP contribution is 1.96. The molecule has 0 spiro atoms. The van der Waals surface area contributed by atoms with E-state index >= 15 is 0 Å². The minimum atomic E-state index is 0.531. The van der Waals surface area contributed by atoms with Crippen LogP contribution in [0.25, 0.3) is 0 Å². The number of rotatable bonds is 5. The van der Waals surface area contributed by atoms with Crippen molar-refractivity contribution in [3.05, 3.63) is 35.9 Å². The minimum absolute atomic E-state index is 0.531. The van der Waals surface area contributed by atoms with Crippen molar-refractivity contribution in [3.8, 4) is 0 Å². The molecule has 1 rings (SSSR count). The lowest BCUT2D eigenvalue weighted by Gasteiger charge is -2.10. The average Bonchev–Trinajstić information content (AvgIpc) is 2.19. The zero-order valence-electron chi connectivity index (χ0n) is 8.38. The summed E-state index contributed by atoms with van der Waals surface area (Å²) in [4.78, 5) is 0. The number of nitrogens with one attached hydrogen (secondary N) is 2. The van der Waals surface area contributed by atoms with Gasteiger partial charge >= 0.3 is 0 Å². The number of hydrogen-bond acceptors (Lipinski definition) is 2. The summed E-state index contributed by atoms with van der Waals surface area (Å²) in [5.74, 6) is 0. The molecule has 0 bridgehead atoms. The predicted molar refractivity (Wildman–Crippen MR) is 56.7 cm³/mol. The second-order valence-corrected chi connectivity index (χ2v) is 3.31. The van der Waals surface area contributed by atoms with Gasteiger partial charge in [-0.05, 0) is 19.5 Å². The van der Waals surface area contributed by atoms with Crippen molar-refractivity contribution in [1.82, 2.24) is 10.6 Å². The van der Waals surface area contributed by atoms with Crippen LogP contribution in [0.2, 0.25) is 0 Å². The van der Waals surface area contributed by atoms with Crippen LogP contribution in [0.5, 0.6) is 0 Å². The van der Waals surface area contributed by atoms with E-state index in [2.05, 4.69) is 41.8 Å². The molecule has 0 saturated carbocycles. The quantitative estimate of drug-likeness (QED) is 0.712. The van der Waals surface area contributed by atoms with Crippen LogP contribution in [0.4, 0.5) is 0 Å². The van der Waals surface area contributed by atoms with Crippen LogP contribution in [0.3, 0.4) is 0 Å². The Bertz CT molecular complexity index is 221. The first-order valence-corrected chi connectivity index (χ1v) is 4.75. The largest absolute Gasteiger partial charge is 0.316 e. The molecule has 0 amide bonds. The van der Waals surface area contributed by atoms with Crippen LogP contribution >= 0.6 is 0 Å². The van der Waals surface area contributed by atoms with Crippen LogP contribution in [-0.4, -0.2) is 19.6 Å². The van der Waals surface area contributed by atoms with Gasteiger partial charge in [-0.25, -0.2) is 0 Å². The van der Waals surface area contributed by atoms with Crippen LogP contribution in [-0.2, 0) is 6.54 Å². The second kappa shape index (κ2) is 5.73. The first kappa shape index (κ1) is 10.2. The zero-order chi connectivity index (χ0) is 9.52. The van der Waals surface area contributed by atoms with Gasteiger partial charge in [0.15, 0.2) is 0 Å². The van der Waals surface area contributed by atoms with E-state index in [9.17, 15) is 0 Å². The van der Waals surface area contributed by atoms with Gasteiger partial charge in [0.25, 0.3) is 0 Å². The van der Waals surface area contributed by atoms with Crippen molar-refractivity contribution in [2.24, 2.45) is 0 Å². The average molecular weight is 178 g/mol. The summed E-state index contributed by atoms with van der Waals surface area (Å²) in [7, 11) is 1.98. The lowest BCUT2D eigenvalue weighted by atomic mass is 10.2. The van der Waals surface area contributed by atoms with Crippen molar-refractivity contribution in [2.75, 3.05) is 13.6 Å². The molecule has 1 aromatic rings. The Kier molecular flexibility index (Phi) is 4.50. The van der Waals surface area contributed by atoms with E-state index in [4.69, 9.17) is 0 Å². The van der Waals surface area contributed by atoms with Crippen molar-refractivity contribution >= 4 is 0 Å². The van der Waals surface area contributed by atoms with Gasteiger partial charge in [0, 0.05) is 19.1 Å². The Morgan fingerprint density at radius 1 is 1.23 bits per heavy atom. The molecule has 72 valence electrons. The summed E-state index contributed by atoms with van der Waals surface area (Å²) < 4.78 is 0. The standard InChI is InChI=1S/C11H18N2/c1-10(12-2)8-13-9-11-6-4-3-5-7-11/h3-7,10,12-13H,8-9H2,1-2H3. The molecule has 1 atom stereocenters. The van der Waals surface area contributed by atoms with Gasteiger partial charge < -0.3 is 10.6 Å². The van der Waals surface area contributed by atoms with E-state index < -0.39 is 0 Å². The third-order valence-corrected chi connectivity index (χ3v) is 2.12. The number of hydrogen-bond donors (Lipinski definition) is 2. The van der Waals surface area contributed by atoms with E-state index in [1.165, 1.54) is 5.56 Å². The predicted octanol–water partition coefficient (Wildman–Crippen LogP) is 1.38. The summed E-state index contributed by atoms with van der Waals surface area (Å²) in [5.41, 5.74) is 1.34. The highest BCUT2D eigenvalue weighted by Gasteiger charge is 1.96. The maximum absolute atomic E-state index is 3.39. The van der Waals surface area contributed by atoms with E-state index in [-0.39, 0.29) is 0 Å². The molecule has 0 heterocycles. The van der Waals surface area contributed by atoms with Gasteiger partial charge in [-0.15, -0.1) is 0 Å². The van der Waals surface area contributed by atoms with Crippen LogP contribution in [0.1, 0.15) is 12.5 Å². The fourth-order valence-corrected chi connectivity index (χ4v) is 1.13. The molecule has 0 aromatic heterocycles. The van der Waals surface area contributed by atoms with Gasteiger partial charge in [0.1, 0.15) is 0 Å². The highest BCUT2D eigenvalue weighted by molar-refractivity contribution is 5.14. The Morgan fingerprint density at radius 2 is 1.92 bits per heavy atom. The molecule has 0 fully saturated rings. The monoisotopic (exact) mass is 178 g/mol. The summed E-state index contributed by atoms with van der Waals surface area (Å²) in [6.07, 6.45) is 0. The van der Waals surface area contributed by atoms with Gasteiger partial charge in [-0.3, -0.25) is 0 Å². The second-order valence-electron chi connectivity index (χ2n) is 3.31. The smallest absolute Gasteiger partial charge is 0.0206 e. The van der Waals surface area contributed by atoms with Crippen molar-refractivity contribution in [1.29, 1.82) is 0 Å². The van der Waals surface area contributed by atoms with Crippen molar-refractivity contribution < 1.29 is 0 Å². The van der Waals surface area contributed by atoms with Gasteiger partial charge in [0.05, 0.1) is 0 Å². The first-order chi connectivity index (χ1) is 6.33. The summed E-state index contributed by atoms with van der Waals surface area (Å²) in [5, 5.41) is 6.58. The Labute approximate surface area is 80.4 Å². The van der Waals surface area contributed by atoms with E-state index in [0.29, 0.717) is 6.04 Å². The molecule has 1 aromatic carbocycles. The summed E-state index contributed by atoms with van der Waals surface area (Å²) in [6.45, 7) is 4.12. The molecule has 2 nitrogen and oxygen atoms in total. The normalized spacial score (nSPS) is 12.8. The molecular formula is C11H18N2. The molecule has 0 aliphatic rings.